The minimum absolute atomic E-state index is 0.0361. The van der Waals surface area contributed by atoms with Gasteiger partial charge in [-0.05, 0) is 17.9 Å². The van der Waals surface area contributed by atoms with Crippen molar-refractivity contribution in [1.29, 1.82) is 0 Å². The molecule has 0 amide bonds. The summed E-state index contributed by atoms with van der Waals surface area (Å²) in [4.78, 5) is 0. The van der Waals surface area contributed by atoms with Crippen LogP contribution in [0.5, 0.6) is 0 Å². The third-order valence-electron chi connectivity index (χ3n) is 2.39. The number of thiophene rings is 1. The van der Waals surface area contributed by atoms with Crippen LogP contribution in [0.4, 0.5) is 8.78 Å². The van der Waals surface area contributed by atoms with E-state index in [0.29, 0.717) is 6.42 Å². The number of rotatable bonds is 8. The molecule has 0 aliphatic rings. The van der Waals surface area contributed by atoms with Crippen LogP contribution >= 0.6 is 11.3 Å². The molecule has 0 unspecified atom stereocenters. The van der Waals surface area contributed by atoms with Crippen molar-refractivity contribution in [2.24, 2.45) is 0 Å². The maximum absolute atomic E-state index is 13.3. The second-order valence-electron chi connectivity index (χ2n) is 3.79. The number of hydrogen-bond acceptors (Lipinski definition) is 2. The van der Waals surface area contributed by atoms with Gasteiger partial charge in [0.25, 0.3) is 0 Å². The van der Waals surface area contributed by atoms with Gasteiger partial charge in [-0.3, -0.25) is 0 Å². The molecule has 92 valence electrons. The summed E-state index contributed by atoms with van der Waals surface area (Å²) in [6, 6.07) is 1.40. The fraction of sp³-hybridized carbons (Fsp3) is 0.667. The summed E-state index contributed by atoms with van der Waals surface area (Å²) in [5, 5.41) is 3.06. The zero-order chi connectivity index (χ0) is 11.9. The molecule has 1 heterocycles. The van der Waals surface area contributed by atoms with Crippen molar-refractivity contribution in [1.82, 2.24) is 0 Å². The summed E-state index contributed by atoms with van der Waals surface area (Å²) in [7, 11) is 0. The lowest BCUT2D eigenvalue weighted by Crippen LogP contribution is -2.18. The molecular formula is C12H18F2OS. The molecule has 0 N–H and O–H groups in total. The van der Waals surface area contributed by atoms with Crippen molar-refractivity contribution in [3.05, 3.63) is 22.4 Å². The highest BCUT2D eigenvalue weighted by Crippen LogP contribution is 2.30. The summed E-state index contributed by atoms with van der Waals surface area (Å²) < 4.78 is 31.3. The molecule has 0 radical (unpaired) electrons. The van der Waals surface area contributed by atoms with Crippen LogP contribution in [0.2, 0.25) is 0 Å². The molecule has 4 heteroatoms. The predicted octanol–water partition coefficient (Wildman–Crippen LogP) is 4.78. The van der Waals surface area contributed by atoms with Crippen molar-refractivity contribution in [2.75, 3.05) is 6.61 Å². The molecule has 0 bridgehead atoms. The molecule has 16 heavy (non-hydrogen) atoms. The summed E-state index contributed by atoms with van der Waals surface area (Å²) in [5.41, 5.74) is -0.0361. The van der Waals surface area contributed by atoms with E-state index in [1.807, 2.05) is 0 Å². The maximum Gasteiger partial charge on any atom is 0.384 e. The van der Waals surface area contributed by atoms with E-state index in [-0.39, 0.29) is 12.2 Å². The van der Waals surface area contributed by atoms with Crippen molar-refractivity contribution >= 4 is 11.3 Å². The Bertz CT molecular complexity index is 273. The van der Waals surface area contributed by atoms with E-state index in [2.05, 4.69) is 11.7 Å². The first-order chi connectivity index (χ1) is 7.67. The highest BCUT2D eigenvalue weighted by molar-refractivity contribution is 7.07. The topological polar surface area (TPSA) is 9.23 Å². The molecule has 0 fully saturated rings. The van der Waals surface area contributed by atoms with Gasteiger partial charge < -0.3 is 4.74 Å². The second-order valence-corrected chi connectivity index (χ2v) is 4.57. The minimum atomic E-state index is -3.12. The summed E-state index contributed by atoms with van der Waals surface area (Å²) >= 11 is 1.26. The SMILES string of the molecule is CCCCCCCOC(F)(F)c1ccsc1. The van der Waals surface area contributed by atoms with Crippen molar-refractivity contribution in [3.8, 4) is 0 Å². The minimum Gasteiger partial charge on any atom is -0.317 e. The van der Waals surface area contributed by atoms with E-state index in [1.54, 1.807) is 5.38 Å². The molecule has 1 aromatic heterocycles. The monoisotopic (exact) mass is 248 g/mol. The number of unbranched alkanes of at least 4 members (excludes halogenated alkanes) is 4. The van der Waals surface area contributed by atoms with Crippen molar-refractivity contribution in [2.45, 2.75) is 45.1 Å². The Hall–Kier alpha value is -0.480. The first kappa shape index (κ1) is 13.6. The summed E-state index contributed by atoms with van der Waals surface area (Å²) in [6.45, 7) is 2.26. The molecule has 0 aliphatic heterocycles. The molecule has 1 rings (SSSR count). The number of ether oxygens (including phenoxy) is 1. The quantitative estimate of drug-likeness (QED) is 0.601. The van der Waals surface area contributed by atoms with Crippen LogP contribution in [0.25, 0.3) is 0 Å². The first-order valence-corrected chi connectivity index (χ1v) is 6.65. The zero-order valence-electron chi connectivity index (χ0n) is 9.55. The molecule has 0 saturated heterocycles. The van der Waals surface area contributed by atoms with E-state index >= 15 is 0 Å². The third-order valence-corrected chi connectivity index (χ3v) is 3.07. The lowest BCUT2D eigenvalue weighted by Gasteiger charge is -2.15. The van der Waals surface area contributed by atoms with Crippen LogP contribution in [0.3, 0.4) is 0 Å². The number of hydrogen-bond donors (Lipinski definition) is 0. The van der Waals surface area contributed by atoms with Crippen LogP contribution in [-0.4, -0.2) is 6.61 Å². The maximum atomic E-state index is 13.3. The molecule has 0 saturated carbocycles. The van der Waals surface area contributed by atoms with E-state index in [9.17, 15) is 8.78 Å². The second kappa shape index (κ2) is 6.97. The molecule has 1 aromatic rings. The Morgan fingerprint density at radius 2 is 2.00 bits per heavy atom. The Balaban J connectivity index is 2.17. The lowest BCUT2D eigenvalue weighted by molar-refractivity contribution is -0.248. The normalized spacial score (nSPS) is 11.9. The number of alkyl halides is 2. The molecule has 0 aromatic carbocycles. The van der Waals surface area contributed by atoms with Gasteiger partial charge in [-0.15, -0.1) is 0 Å². The van der Waals surface area contributed by atoms with E-state index in [1.165, 1.54) is 29.2 Å². The van der Waals surface area contributed by atoms with Crippen LogP contribution in [-0.2, 0) is 10.8 Å². The fourth-order valence-corrected chi connectivity index (χ4v) is 2.09. The highest BCUT2D eigenvalue weighted by Gasteiger charge is 2.32. The average molecular weight is 248 g/mol. The van der Waals surface area contributed by atoms with Gasteiger partial charge in [0.2, 0.25) is 0 Å². The lowest BCUT2D eigenvalue weighted by atomic mass is 10.2. The molecule has 1 nitrogen and oxygen atoms in total. The van der Waals surface area contributed by atoms with Gasteiger partial charge in [0.15, 0.2) is 0 Å². The van der Waals surface area contributed by atoms with Crippen molar-refractivity contribution in [3.63, 3.8) is 0 Å². The molecular weight excluding hydrogens is 230 g/mol. The molecule has 0 aliphatic carbocycles. The van der Waals surface area contributed by atoms with Crippen LogP contribution in [0.15, 0.2) is 16.8 Å². The summed E-state index contributed by atoms with van der Waals surface area (Å²) in [5.74, 6) is 0. The van der Waals surface area contributed by atoms with Gasteiger partial charge in [0.1, 0.15) is 0 Å². The highest BCUT2D eigenvalue weighted by atomic mass is 32.1. The van der Waals surface area contributed by atoms with Crippen LogP contribution < -0.4 is 0 Å². The Kier molecular flexibility index (Phi) is 5.91. The van der Waals surface area contributed by atoms with E-state index in [4.69, 9.17) is 0 Å². The van der Waals surface area contributed by atoms with Gasteiger partial charge in [0.05, 0.1) is 12.2 Å². The average Bonchev–Trinajstić information content (AvgIpc) is 2.77. The first-order valence-electron chi connectivity index (χ1n) is 5.71. The fourth-order valence-electron chi connectivity index (χ4n) is 1.42. The molecule has 0 spiro atoms. The zero-order valence-corrected chi connectivity index (χ0v) is 10.4. The number of halogens is 2. The Labute approximate surface area is 99.4 Å². The van der Waals surface area contributed by atoms with Crippen molar-refractivity contribution < 1.29 is 13.5 Å². The smallest absolute Gasteiger partial charge is 0.317 e. The van der Waals surface area contributed by atoms with Crippen LogP contribution in [0, 0.1) is 0 Å². The third kappa shape index (κ3) is 4.58. The largest absolute Gasteiger partial charge is 0.384 e. The van der Waals surface area contributed by atoms with E-state index < -0.39 is 6.11 Å². The van der Waals surface area contributed by atoms with Gasteiger partial charge in [-0.2, -0.15) is 20.1 Å². The Morgan fingerprint density at radius 3 is 2.62 bits per heavy atom. The summed E-state index contributed by atoms with van der Waals surface area (Å²) in [6.07, 6.45) is 1.98. The van der Waals surface area contributed by atoms with Crippen LogP contribution in [0.1, 0.15) is 44.6 Å². The van der Waals surface area contributed by atoms with Gasteiger partial charge in [-0.25, -0.2) is 0 Å². The van der Waals surface area contributed by atoms with Gasteiger partial charge in [0, 0.05) is 5.38 Å². The Morgan fingerprint density at radius 1 is 1.25 bits per heavy atom. The van der Waals surface area contributed by atoms with Gasteiger partial charge in [-0.1, -0.05) is 32.6 Å². The molecule has 0 atom stereocenters. The van der Waals surface area contributed by atoms with E-state index in [0.717, 1.165) is 19.3 Å². The van der Waals surface area contributed by atoms with Gasteiger partial charge >= 0.3 is 6.11 Å². The standard InChI is InChI=1S/C12H18F2OS/c1-2-3-4-5-6-8-15-12(13,14)11-7-9-16-10-11/h7,9-10H,2-6,8H2,1H3. The predicted molar refractivity (Wildman–Crippen MR) is 62.9 cm³/mol.